The zero-order valence-corrected chi connectivity index (χ0v) is 18.8. The Kier molecular flexibility index (Phi) is 6.64. The predicted octanol–water partition coefficient (Wildman–Crippen LogP) is 4.33. The quantitative estimate of drug-likeness (QED) is 0.728. The van der Waals surface area contributed by atoms with Gasteiger partial charge in [-0.1, -0.05) is 26.8 Å². The number of halogens is 2. The molecule has 1 saturated heterocycles. The van der Waals surface area contributed by atoms with E-state index in [9.17, 15) is 22.0 Å². The molecule has 1 aliphatic rings. The summed E-state index contributed by atoms with van der Waals surface area (Å²) in [6.07, 6.45) is 0.742. The van der Waals surface area contributed by atoms with Gasteiger partial charge >= 0.3 is 0 Å². The first kappa shape index (κ1) is 22.8. The van der Waals surface area contributed by atoms with E-state index in [4.69, 9.17) is 0 Å². The predicted molar refractivity (Wildman–Crippen MR) is 112 cm³/mol. The van der Waals surface area contributed by atoms with Crippen LogP contribution in [0, 0.1) is 23.0 Å². The van der Waals surface area contributed by atoms with Crippen molar-refractivity contribution in [1.82, 2.24) is 9.62 Å². The van der Waals surface area contributed by atoms with Gasteiger partial charge in [-0.15, -0.1) is 11.3 Å². The summed E-state index contributed by atoms with van der Waals surface area (Å²) in [4.78, 5) is 13.7. The van der Waals surface area contributed by atoms with Gasteiger partial charge in [-0.2, -0.15) is 4.31 Å². The van der Waals surface area contributed by atoms with Crippen LogP contribution in [-0.2, 0) is 14.8 Å². The monoisotopic (exact) mass is 456 g/mol. The molecular weight excluding hydrogens is 430 g/mol. The molecule has 0 bridgehead atoms. The highest BCUT2D eigenvalue weighted by molar-refractivity contribution is 7.89. The van der Waals surface area contributed by atoms with Crippen molar-refractivity contribution in [3.63, 3.8) is 0 Å². The molecule has 1 aromatic heterocycles. The third-order valence-corrected chi connectivity index (χ3v) is 8.17. The summed E-state index contributed by atoms with van der Waals surface area (Å²) in [7, 11) is -3.94. The van der Waals surface area contributed by atoms with Crippen molar-refractivity contribution in [3.8, 4) is 0 Å². The normalized spacial score (nSPS) is 17.6. The van der Waals surface area contributed by atoms with E-state index < -0.39 is 21.7 Å². The first-order valence-electron chi connectivity index (χ1n) is 9.79. The van der Waals surface area contributed by atoms with Crippen LogP contribution < -0.4 is 5.32 Å². The number of hydrogen-bond acceptors (Lipinski definition) is 4. The molecule has 1 aliphatic heterocycles. The van der Waals surface area contributed by atoms with E-state index >= 15 is 0 Å². The van der Waals surface area contributed by atoms with E-state index in [1.807, 2.05) is 17.5 Å². The Labute approximate surface area is 180 Å². The van der Waals surface area contributed by atoms with E-state index in [0.29, 0.717) is 18.9 Å². The number of hydrogen-bond donors (Lipinski definition) is 1. The molecule has 30 heavy (non-hydrogen) atoms. The Morgan fingerprint density at radius 2 is 1.83 bits per heavy atom. The Balaban J connectivity index is 1.66. The molecule has 2 heterocycles. The van der Waals surface area contributed by atoms with Crippen molar-refractivity contribution >= 4 is 27.3 Å². The number of benzene rings is 1. The van der Waals surface area contributed by atoms with Crippen LogP contribution in [0.2, 0.25) is 0 Å². The smallest absolute Gasteiger partial charge is 0.243 e. The van der Waals surface area contributed by atoms with E-state index in [1.165, 1.54) is 4.31 Å². The second-order valence-electron chi connectivity index (χ2n) is 8.58. The molecule has 3 rings (SSSR count). The van der Waals surface area contributed by atoms with E-state index in [2.05, 4.69) is 26.1 Å². The van der Waals surface area contributed by atoms with Gasteiger partial charge in [0.25, 0.3) is 0 Å². The number of carbonyl (C=O) groups excluding carboxylic acids is 1. The van der Waals surface area contributed by atoms with Crippen LogP contribution in [-0.4, -0.2) is 31.7 Å². The number of thiophene rings is 1. The first-order valence-corrected chi connectivity index (χ1v) is 12.1. The highest BCUT2D eigenvalue weighted by Gasteiger charge is 2.35. The number of rotatable bonds is 5. The Bertz CT molecular complexity index is 994. The lowest BCUT2D eigenvalue weighted by molar-refractivity contribution is -0.127. The molecule has 164 valence electrons. The van der Waals surface area contributed by atoms with E-state index in [0.717, 1.165) is 17.0 Å². The molecule has 1 unspecified atom stereocenters. The SMILES string of the molecule is CC(C)(C)C(NC(=O)C1CCN(S(=O)(=O)c2ccc(F)c(F)c2)CC1)c1cccs1. The fourth-order valence-electron chi connectivity index (χ4n) is 3.57. The second kappa shape index (κ2) is 8.72. The van der Waals surface area contributed by atoms with Crippen molar-refractivity contribution < 1.29 is 22.0 Å². The lowest BCUT2D eigenvalue weighted by atomic mass is 9.85. The Morgan fingerprint density at radius 3 is 2.37 bits per heavy atom. The fourth-order valence-corrected chi connectivity index (χ4v) is 6.08. The Morgan fingerprint density at radius 1 is 1.17 bits per heavy atom. The zero-order chi connectivity index (χ0) is 22.1. The van der Waals surface area contributed by atoms with Crippen LogP contribution in [0.25, 0.3) is 0 Å². The maximum absolute atomic E-state index is 13.5. The highest BCUT2D eigenvalue weighted by Crippen LogP contribution is 2.36. The third kappa shape index (κ3) is 4.90. The van der Waals surface area contributed by atoms with Gasteiger partial charge < -0.3 is 5.32 Å². The van der Waals surface area contributed by atoms with Crippen LogP contribution >= 0.6 is 11.3 Å². The maximum Gasteiger partial charge on any atom is 0.243 e. The fraction of sp³-hybridized carbons (Fsp3) is 0.476. The third-order valence-electron chi connectivity index (χ3n) is 5.33. The number of sulfonamides is 1. The van der Waals surface area contributed by atoms with Gasteiger partial charge in [-0.3, -0.25) is 4.79 Å². The van der Waals surface area contributed by atoms with Crippen molar-refractivity contribution in [2.75, 3.05) is 13.1 Å². The molecule has 1 fully saturated rings. The largest absolute Gasteiger partial charge is 0.348 e. The highest BCUT2D eigenvalue weighted by atomic mass is 32.2. The van der Waals surface area contributed by atoms with Gasteiger partial charge in [0.05, 0.1) is 10.9 Å². The number of carbonyl (C=O) groups is 1. The molecule has 1 amide bonds. The lowest BCUT2D eigenvalue weighted by Crippen LogP contribution is -2.45. The Hall–Kier alpha value is -1.84. The van der Waals surface area contributed by atoms with Crippen molar-refractivity contribution in [3.05, 3.63) is 52.2 Å². The summed E-state index contributed by atoms with van der Waals surface area (Å²) >= 11 is 1.59. The zero-order valence-electron chi connectivity index (χ0n) is 17.2. The second-order valence-corrected chi connectivity index (χ2v) is 11.5. The van der Waals surface area contributed by atoms with Gasteiger partial charge in [0, 0.05) is 23.9 Å². The molecule has 9 heteroatoms. The summed E-state index contributed by atoms with van der Waals surface area (Å²) in [6.45, 7) is 6.50. The van der Waals surface area contributed by atoms with Gasteiger partial charge in [0.1, 0.15) is 0 Å². The van der Waals surface area contributed by atoms with E-state index in [-0.39, 0.29) is 41.3 Å². The molecule has 0 saturated carbocycles. The van der Waals surface area contributed by atoms with Gasteiger partial charge in [-0.25, -0.2) is 17.2 Å². The van der Waals surface area contributed by atoms with Crippen molar-refractivity contribution in [2.45, 2.75) is 44.6 Å². The average Bonchev–Trinajstić information content (AvgIpc) is 3.21. The van der Waals surface area contributed by atoms with Gasteiger partial charge in [-0.05, 0) is 47.9 Å². The first-order chi connectivity index (χ1) is 14.0. The van der Waals surface area contributed by atoms with Crippen LogP contribution in [0.1, 0.15) is 44.5 Å². The van der Waals surface area contributed by atoms with Crippen LogP contribution in [0.15, 0.2) is 40.6 Å². The topological polar surface area (TPSA) is 66.5 Å². The summed E-state index contributed by atoms with van der Waals surface area (Å²) in [5, 5.41) is 5.11. The number of nitrogens with zero attached hydrogens (tertiary/aromatic N) is 1. The summed E-state index contributed by atoms with van der Waals surface area (Å²) in [5.41, 5.74) is -0.169. The minimum atomic E-state index is -3.94. The number of nitrogens with one attached hydrogen (secondary N) is 1. The minimum Gasteiger partial charge on any atom is -0.348 e. The molecule has 1 N–H and O–H groups in total. The van der Waals surface area contributed by atoms with E-state index in [1.54, 1.807) is 11.3 Å². The number of piperidine rings is 1. The molecule has 0 spiro atoms. The van der Waals surface area contributed by atoms with Gasteiger partial charge in [0.2, 0.25) is 15.9 Å². The molecule has 5 nitrogen and oxygen atoms in total. The average molecular weight is 457 g/mol. The molecule has 1 atom stereocenters. The standard InChI is InChI=1S/C21H26F2N2O3S2/c1-21(2,3)19(18-5-4-12-29-18)24-20(26)14-8-10-25(11-9-14)30(27,28)15-6-7-16(22)17(23)13-15/h4-7,12-14,19H,8-11H2,1-3H3,(H,24,26). The molecular formula is C21H26F2N2O3S2. The summed E-state index contributed by atoms with van der Waals surface area (Å²) in [5.74, 6) is -2.69. The molecule has 1 aromatic carbocycles. The molecule has 0 aliphatic carbocycles. The summed E-state index contributed by atoms with van der Waals surface area (Å²) in [6, 6.07) is 6.37. The number of amides is 1. The lowest BCUT2D eigenvalue weighted by Gasteiger charge is -2.34. The molecule has 2 aromatic rings. The van der Waals surface area contributed by atoms with Crippen molar-refractivity contribution in [2.24, 2.45) is 11.3 Å². The van der Waals surface area contributed by atoms with Crippen LogP contribution in [0.3, 0.4) is 0 Å². The maximum atomic E-state index is 13.5. The van der Waals surface area contributed by atoms with Crippen LogP contribution in [0.5, 0.6) is 0 Å². The van der Waals surface area contributed by atoms with Gasteiger partial charge in [0.15, 0.2) is 11.6 Å². The minimum absolute atomic E-state index is 0.0896. The molecule has 0 radical (unpaired) electrons. The summed E-state index contributed by atoms with van der Waals surface area (Å²) < 4.78 is 53.3. The van der Waals surface area contributed by atoms with Crippen LogP contribution in [0.4, 0.5) is 8.78 Å². The van der Waals surface area contributed by atoms with Crippen molar-refractivity contribution in [1.29, 1.82) is 0 Å².